The summed E-state index contributed by atoms with van der Waals surface area (Å²) in [7, 11) is 0. The largest absolute Gasteiger partial charge is 0.297 e. The van der Waals surface area contributed by atoms with E-state index in [1.54, 1.807) is 0 Å². The molecule has 0 aliphatic carbocycles. The summed E-state index contributed by atoms with van der Waals surface area (Å²) < 4.78 is 0. The second kappa shape index (κ2) is 5.35. The number of halogens is 1. The molecule has 0 aromatic carbocycles. The molecule has 78 valence electrons. The molecule has 1 fully saturated rings. The first-order valence-electron chi connectivity index (χ1n) is 5.52. The highest BCUT2D eigenvalue weighted by Gasteiger charge is 2.32. The molecule has 0 N–H and O–H groups in total. The molecule has 3 atom stereocenters. The van der Waals surface area contributed by atoms with Crippen LogP contribution in [0, 0.1) is 5.92 Å². The molecule has 0 amide bonds. The molecule has 1 saturated heterocycles. The summed E-state index contributed by atoms with van der Waals surface area (Å²) in [5.74, 6) is 0.874. The minimum Gasteiger partial charge on any atom is -0.297 e. The Morgan fingerprint density at radius 2 is 2.23 bits per heavy atom. The van der Waals surface area contributed by atoms with Gasteiger partial charge in [-0.25, -0.2) is 0 Å². The first-order valence-corrected chi connectivity index (χ1v) is 6.64. The predicted octanol–water partition coefficient (Wildman–Crippen LogP) is 3.28. The zero-order chi connectivity index (χ0) is 9.84. The van der Waals surface area contributed by atoms with Crippen LogP contribution in [0.4, 0.5) is 0 Å². The van der Waals surface area contributed by atoms with E-state index in [-0.39, 0.29) is 0 Å². The molecule has 0 radical (unpaired) electrons. The highest BCUT2D eigenvalue weighted by atomic mass is 79.9. The molecule has 1 heterocycles. The predicted molar refractivity (Wildman–Crippen MR) is 62.4 cm³/mol. The van der Waals surface area contributed by atoms with Gasteiger partial charge >= 0.3 is 0 Å². The maximum Gasteiger partial charge on any atom is 0.0221 e. The van der Waals surface area contributed by atoms with Crippen LogP contribution in [0.3, 0.4) is 0 Å². The zero-order valence-electron chi connectivity index (χ0n) is 9.09. The summed E-state index contributed by atoms with van der Waals surface area (Å²) in [6, 6.07) is 1.55. The van der Waals surface area contributed by atoms with E-state index < -0.39 is 0 Å². The van der Waals surface area contributed by atoms with Crippen LogP contribution >= 0.6 is 15.9 Å². The van der Waals surface area contributed by atoms with Crippen LogP contribution in [0.1, 0.15) is 40.0 Å². The molecule has 0 spiro atoms. The number of rotatable bonds is 4. The second-order valence-electron chi connectivity index (χ2n) is 4.36. The topological polar surface area (TPSA) is 3.24 Å². The Morgan fingerprint density at radius 3 is 2.77 bits per heavy atom. The van der Waals surface area contributed by atoms with Crippen LogP contribution < -0.4 is 0 Å². The second-order valence-corrected chi connectivity index (χ2v) is 5.01. The minimum absolute atomic E-state index is 0.775. The van der Waals surface area contributed by atoms with Gasteiger partial charge in [0.25, 0.3) is 0 Å². The summed E-state index contributed by atoms with van der Waals surface area (Å²) in [6.07, 6.45) is 4.03. The van der Waals surface area contributed by atoms with Crippen molar-refractivity contribution in [3.63, 3.8) is 0 Å². The lowest BCUT2D eigenvalue weighted by atomic mass is 10.0. The Balaban J connectivity index is 2.48. The van der Waals surface area contributed by atoms with Crippen LogP contribution in [0.25, 0.3) is 0 Å². The Labute approximate surface area is 91.0 Å². The lowest BCUT2D eigenvalue weighted by Crippen LogP contribution is -2.40. The third-order valence-corrected chi connectivity index (χ3v) is 4.02. The van der Waals surface area contributed by atoms with Gasteiger partial charge in [-0.1, -0.05) is 36.2 Å². The van der Waals surface area contributed by atoms with Gasteiger partial charge in [0.2, 0.25) is 0 Å². The fourth-order valence-corrected chi connectivity index (χ4v) is 3.42. The maximum atomic E-state index is 3.63. The van der Waals surface area contributed by atoms with E-state index in [4.69, 9.17) is 0 Å². The SMILES string of the molecule is CCCC(C)N1CCC(C)C1CBr. The third-order valence-electron chi connectivity index (χ3n) is 3.36. The zero-order valence-corrected chi connectivity index (χ0v) is 10.7. The molecule has 3 unspecified atom stereocenters. The monoisotopic (exact) mass is 247 g/mol. The van der Waals surface area contributed by atoms with Gasteiger partial charge in [0.1, 0.15) is 0 Å². The minimum atomic E-state index is 0.775. The van der Waals surface area contributed by atoms with Crippen LogP contribution in [0.5, 0.6) is 0 Å². The van der Waals surface area contributed by atoms with E-state index in [2.05, 4.69) is 41.6 Å². The van der Waals surface area contributed by atoms with Gasteiger partial charge in [0, 0.05) is 17.4 Å². The van der Waals surface area contributed by atoms with E-state index in [0.29, 0.717) is 0 Å². The van der Waals surface area contributed by atoms with Gasteiger partial charge in [0.05, 0.1) is 0 Å². The Bertz CT molecular complexity index is 149. The molecule has 2 heteroatoms. The first kappa shape index (κ1) is 11.5. The standard InChI is InChI=1S/C11H22BrN/c1-4-5-10(3)13-7-6-9(2)11(13)8-12/h9-11H,4-8H2,1-3H3. The highest BCUT2D eigenvalue weighted by Crippen LogP contribution is 2.28. The fraction of sp³-hybridized carbons (Fsp3) is 1.00. The molecule has 0 bridgehead atoms. The summed E-state index contributed by atoms with van der Waals surface area (Å²) in [5.41, 5.74) is 0. The summed E-state index contributed by atoms with van der Waals surface area (Å²) in [5, 5.41) is 1.14. The van der Waals surface area contributed by atoms with Crippen molar-refractivity contribution in [2.75, 3.05) is 11.9 Å². The van der Waals surface area contributed by atoms with Crippen molar-refractivity contribution >= 4 is 15.9 Å². The molecule has 1 aliphatic heterocycles. The van der Waals surface area contributed by atoms with Crippen LogP contribution in [-0.2, 0) is 0 Å². The third kappa shape index (κ3) is 2.69. The van der Waals surface area contributed by atoms with Crippen molar-refractivity contribution in [3.05, 3.63) is 0 Å². The van der Waals surface area contributed by atoms with E-state index >= 15 is 0 Å². The number of hydrogen-bond acceptors (Lipinski definition) is 1. The lowest BCUT2D eigenvalue weighted by molar-refractivity contribution is 0.182. The molecule has 13 heavy (non-hydrogen) atoms. The molecular formula is C11H22BrN. The average Bonchev–Trinajstić information content (AvgIpc) is 2.47. The van der Waals surface area contributed by atoms with Gasteiger partial charge in [-0.3, -0.25) is 4.90 Å². The number of alkyl halides is 1. The van der Waals surface area contributed by atoms with Crippen molar-refractivity contribution in [2.24, 2.45) is 5.92 Å². The molecule has 0 saturated carbocycles. The van der Waals surface area contributed by atoms with Crippen molar-refractivity contribution in [1.82, 2.24) is 4.90 Å². The van der Waals surface area contributed by atoms with Crippen LogP contribution in [0.2, 0.25) is 0 Å². The van der Waals surface area contributed by atoms with Gasteiger partial charge in [0.15, 0.2) is 0 Å². The van der Waals surface area contributed by atoms with Gasteiger partial charge in [-0.05, 0) is 32.2 Å². The number of hydrogen-bond donors (Lipinski definition) is 0. The van der Waals surface area contributed by atoms with Gasteiger partial charge < -0.3 is 0 Å². The molecular weight excluding hydrogens is 226 g/mol. The summed E-state index contributed by atoms with van der Waals surface area (Å²) in [6.45, 7) is 8.33. The maximum absolute atomic E-state index is 3.63. The Morgan fingerprint density at radius 1 is 1.54 bits per heavy atom. The number of likely N-dealkylation sites (tertiary alicyclic amines) is 1. The van der Waals surface area contributed by atoms with Crippen molar-refractivity contribution in [1.29, 1.82) is 0 Å². The van der Waals surface area contributed by atoms with E-state index in [0.717, 1.165) is 23.3 Å². The lowest BCUT2D eigenvalue weighted by Gasteiger charge is -2.31. The fourth-order valence-electron chi connectivity index (χ4n) is 2.41. The molecule has 1 nitrogen and oxygen atoms in total. The Hall–Kier alpha value is 0.440. The molecule has 1 aliphatic rings. The molecule has 1 rings (SSSR count). The number of nitrogens with zero attached hydrogens (tertiary/aromatic N) is 1. The van der Waals surface area contributed by atoms with Crippen LogP contribution in [0.15, 0.2) is 0 Å². The smallest absolute Gasteiger partial charge is 0.0221 e. The van der Waals surface area contributed by atoms with E-state index in [1.165, 1.54) is 25.8 Å². The van der Waals surface area contributed by atoms with Crippen molar-refractivity contribution in [2.45, 2.75) is 52.1 Å². The highest BCUT2D eigenvalue weighted by molar-refractivity contribution is 9.09. The van der Waals surface area contributed by atoms with Gasteiger partial charge in [-0.15, -0.1) is 0 Å². The van der Waals surface area contributed by atoms with Crippen molar-refractivity contribution in [3.8, 4) is 0 Å². The van der Waals surface area contributed by atoms with E-state index in [1.807, 2.05) is 0 Å². The van der Waals surface area contributed by atoms with Crippen LogP contribution in [-0.4, -0.2) is 28.9 Å². The average molecular weight is 248 g/mol. The Kier molecular flexibility index (Phi) is 4.74. The van der Waals surface area contributed by atoms with E-state index in [9.17, 15) is 0 Å². The summed E-state index contributed by atoms with van der Waals surface area (Å²) in [4.78, 5) is 2.68. The molecule has 0 aromatic heterocycles. The quantitative estimate of drug-likeness (QED) is 0.690. The van der Waals surface area contributed by atoms with Gasteiger partial charge in [-0.2, -0.15) is 0 Å². The summed E-state index contributed by atoms with van der Waals surface area (Å²) >= 11 is 3.63. The first-order chi connectivity index (χ1) is 6.20. The molecule has 0 aromatic rings. The van der Waals surface area contributed by atoms with Crippen molar-refractivity contribution < 1.29 is 0 Å². The normalized spacial score (nSPS) is 32.3.